The molecule has 0 aliphatic rings. The third kappa shape index (κ3) is 6.94. The molecule has 4 aromatic rings. The zero-order valence-corrected chi connectivity index (χ0v) is 25.0. The predicted octanol–water partition coefficient (Wildman–Crippen LogP) is 6.13. The molecule has 0 fully saturated rings. The van der Waals surface area contributed by atoms with Crippen LogP contribution < -0.4 is 10.6 Å². The van der Waals surface area contributed by atoms with E-state index in [1.807, 2.05) is 38.1 Å². The van der Waals surface area contributed by atoms with Gasteiger partial charge in [0.2, 0.25) is 5.91 Å². The van der Waals surface area contributed by atoms with Gasteiger partial charge in [-0.25, -0.2) is 22.2 Å². The average Bonchev–Trinajstić information content (AvgIpc) is 3.24. The average molecular weight is 577 g/mol. The standard InChI is InChI=1S/C31H36N4O5S/c1-20(2)18-27(34-30(37)40-31(4,5)6)29(36)33-23-14-12-22(13-15-23)25-16-17-32-28-26(25)19-21(3)35(28)41(38,39)24-10-8-7-9-11-24/h7-17,19-20,27H,18H2,1-6H3,(H,33,36)(H,34,37)/t27-/m1/s1. The van der Waals surface area contributed by atoms with Crippen molar-refractivity contribution < 1.29 is 22.7 Å². The van der Waals surface area contributed by atoms with E-state index in [-0.39, 0.29) is 16.7 Å². The molecule has 2 amide bonds. The van der Waals surface area contributed by atoms with Gasteiger partial charge >= 0.3 is 6.09 Å². The van der Waals surface area contributed by atoms with Crippen LogP contribution in [0.1, 0.15) is 46.7 Å². The molecule has 4 rings (SSSR count). The predicted molar refractivity (Wildman–Crippen MR) is 160 cm³/mol. The van der Waals surface area contributed by atoms with Crippen molar-refractivity contribution in [2.45, 2.75) is 64.5 Å². The van der Waals surface area contributed by atoms with Gasteiger partial charge in [0, 0.05) is 23.0 Å². The number of nitrogens with zero attached hydrogens (tertiary/aromatic N) is 2. The highest BCUT2D eigenvalue weighted by atomic mass is 32.2. The lowest BCUT2D eigenvalue weighted by Gasteiger charge is -2.24. The second-order valence-corrected chi connectivity index (χ2v) is 13.1. The molecule has 0 aliphatic carbocycles. The summed E-state index contributed by atoms with van der Waals surface area (Å²) in [4.78, 5) is 30.0. The summed E-state index contributed by atoms with van der Waals surface area (Å²) < 4.78 is 33.5. The Kier molecular flexibility index (Phi) is 8.53. The molecule has 2 aromatic carbocycles. The number of pyridine rings is 1. The van der Waals surface area contributed by atoms with Crippen LogP contribution in [-0.2, 0) is 19.6 Å². The second-order valence-electron chi connectivity index (χ2n) is 11.4. The molecule has 1 atom stereocenters. The quantitative estimate of drug-likeness (QED) is 0.261. The van der Waals surface area contributed by atoms with Gasteiger partial charge in [-0.15, -0.1) is 0 Å². The lowest BCUT2D eigenvalue weighted by molar-refractivity contribution is -0.118. The van der Waals surface area contributed by atoms with Crippen LogP contribution in [-0.4, -0.2) is 41.0 Å². The smallest absolute Gasteiger partial charge is 0.408 e. The Labute approximate surface area is 241 Å². The van der Waals surface area contributed by atoms with E-state index in [0.29, 0.717) is 28.8 Å². The van der Waals surface area contributed by atoms with Crippen molar-refractivity contribution in [3.8, 4) is 11.1 Å². The second kappa shape index (κ2) is 11.7. The van der Waals surface area contributed by atoms with E-state index < -0.39 is 27.8 Å². The molecule has 2 heterocycles. The van der Waals surface area contributed by atoms with Gasteiger partial charge < -0.3 is 15.4 Å². The first-order valence-electron chi connectivity index (χ1n) is 13.4. The van der Waals surface area contributed by atoms with Gasteiger partial charge in [0.15, 0.2) is 5.65 Å². The first-order chi connectivity index (χ1) is 19.3. The third-order valence-electron chi connectivity index (χ3n) is 6.29. The molecule has 0 spiro atoms. The van der Waals surface area contributed by atoms with Crippen LogP contribution in [0.5, 0.6) is 0 Å². The van der Waals surface area contributed by atoms with Crippen LogP contribution in [0.4, 0.5) is 10.5 Å². The number of carbonyl (C=O) groups is 2. The molecule has 9 nitrogen and oxygen atoms in total. The van der Waals surface area contributed by atoms with Gasteiger partial charge in [-0.05, 0) is 87.6 Å². The highest BCUT2D eigenvalue weighted by Crippen LogP contribution is 2.32. The number of aromatic nitrogens is 2. The molecule has 2 N–H and O–H groups in total. The molecule has 0 saturated carbocycles. The first kappa shape index (κ1) is 29.8. The minimum absolute atomic E-state index is 0.165. The van der Waals surface area contributed by atoms with Crippen LogP contribution in [0, 0.1) is 12.8 Å². The van der Waals surface area contributed by atoms with Gasteiger partial charge in [-0.1, -0.05) is 44.2 Å². The number of nitrogens with one attached hydrogen (secondary N) is 2. The zero-order chi connectivity index (χ0) is 29.9. The Hall–Kier alpha value is -4.18. The minimum Gasteiger partial charge on any atom is -0.444 e. The molecule has 0 unspecified atom stereocenters. The number of amides is 2. The van der Waals surface area contributed by atoms with Crippen LogP contribution >= 0.6 is 0 Å². The van der Waals surface area contributed by atoms with Crippen LogP contribution in [0.25, 0.3) is 22.2 Å². The van der Waals surface area contributed by atoms with Gasteiger partial charge in [0.1, 0.15) is 11.6 Å². The highest BCUT2D eigenvalue weighted by Gasteiger charge is 2.26. The molecule has 216 valence electrons. The summed E-state index contributed by atoms with van der Waals surface area (Å²) in [7, 11) is -3.84. The SMILES string of the molecule is Cc1cc2c(-c3ccc(NC(=O)[C@@H](CC(C)C)NC(=O)OC(C)(C)C)cc3)ccnc2n1S(=O)(=O)c1ccccc1. The molecular formula is C31H36N4O5S. The molecule has 0 aliphatic heterocycles. The van der Waals surface area contributed by atoms with E-state index in [1.165, 1.54) is 3.97 Å². The minimum atomic E-state index is -3.84. The fourth-order valence-corrected chi connectivity index (χ4v) is 6.09. The first-order valence-corrected chi connectivity index (χ1v) is 14.9. The monoisotopic (exact) mass is 576 g/mol. The van der Waals surface area contributed by atoms with Gasteiger partial charge in [0.05, 0.1) is 4.90 Å². The summed E-state index contributed by atoms with van der Waals surface area (Å²) in [5, 5.41) is 6.25. The van der Waals surface area contributed by atoms with Gasteiger partial charge in [-0.3, -0.25) is 4.79 Å². The molecular weight excluding hydrogens is 540 g/mol. The maximum Gasteiger partial charge on any atom is 0.408 e. The van der Waals surface area contributed by atoms with E-state index >= 15 is 0 Å². The Morgan fingerprint density at radius 1 is 1.00 bits per heavy atom. The fourth-order valence-electron chi connectivity index (χ4n) is 4.57. The molecule has 2 aromatic heterocycles. The van der Waals surface area contributed by atoms with E-state index in [2.05, 4.69) is 15.6 Å². The Morgan fingerprint density at radius 2 is 1.66 bits per heavy atom. The molecule has 41 heavy (non-hydrogen) atoms. The van der Waals surface area contributed by atoms with Crippen molar-refractivity contribution in [1.29, 1.82) is 0 Å². The summed E-state index contributed by atoms with van der Waals surface area (Å²) >= 11 is 0. The number of anilines is 1. The Morgan fingerprint density at radius 3 is 2.27 bits per heavy atom. The van der Waals surface area contributed by atoms with Crippen molar-refractivity contribution in [3.63, 3.8) is 0 Å². The van der Waals surface area contributed by atoms with E-state index in [4.69, 9.17) is 4.74 Å². The number of alkyl carbamates (subject to hydrolysis) is 1. The molecule has 0 radical (unpaired) electrons. The van der Waals surface area contributed by atoms with Crippen molar-refractivity contribution in [2.24, 2.45) is 5.92 Å². The number of hydrogen-bond donors (Lipinski definition) is 2. The molecule has 10 heteroatoms. The highest BCUT2D eigenvalue weighted by molar-refractivity contribution is 7.90. The number of hydrogen-bond acceptors (Lipinski definition) is 6. The van der Waals surface area contributed by atoms with Crippen molar-refractivity contribution >= 4 is 38.7 Å². The fraction of sp³-hybridized carbons (Fsp3) is 0.323. The maximum atomic E-state index is 13.4. The summed E-state index contributed by atoms with van der Waals surface area (Å²) in [5.74, 6) is -0.180. The van der Waals surface area contributed by atoms with Crippen LogP contribution in [0.15, 0.2) is 77.8 Å². The summed E-state index contributed by atoms with van der Waals surface area (Å²) in [6.45, 7) is 11.0. The Bertz CT molecular complexity index is 1650. The summed E-state index contributed by atoms with van der Waals surface area (Å²) in [5.41, 5.74) is 2.40. The van der Waals surface area contributed by atoms with E-state index in [0.717, 1.165) is 11.1 Å². The third-order valence-corrected chi connectivity index (χ3v) is 8.10. The number of rotatable bonds is 8. The topological polar surface area (TPSA) is 119 Å². The molecule has 0 saturated heterocycles. The van der Waals surface area contributed by atoms with Gasteiger partial charge in [-0.2, -0.15) is 0 Å². The Balaban J connectivity index is 1.58. The number of ether oxygens (including phenoxy) is 1. The maximum absolute atomic E-state index is 13.4. The van der Waals surface area contributed by atoms with E-state index in [1.54, 1.807) is 76.4 Å². The largest absolute Gasteiger partial charge is 0.444 e. The normalized spacial score (nSPS) is 12.8. The lowest BCUT2D eigenvalue weighted by atomic mass is 10.0. The van der Waals surface area contributed by atoms with Crippen LogP contribution in [0.3, 0.4) is 0 Å². The van der Waals surface area contributed by atoms with Crippen molar-refractivity contribution in [3.05, 3.63) is 78.6 Å². The van der Waals surface area contributed by atoms with Crippen molar-refractivity contribution in [2.75, 3.05) is 5.32 Å². The lowest BCUT2D eigenvalue weighted by Crippen LogP contribution is -2.46. The van der Waals surface area contributed by atoms with Crippen molar-refractivity contribution in [1.82, 2.24) is 14.3 Å². The number of benzene rings is 2. The summed E-state index contributed by atoms with van der Waals surface area (Å²) in [6, 6.07) is 18.4. The number of carbonyl (C=O) groups excluding carboxylic acids is 2. The summed E-state index contributed by atoms with van der Waals surface area (Å²) in [6.07, 6.45) is 1.38. The number of aryl methyl sites for hydroxylation is 1. The van der Waals surface area contributed by atoms with Crippen LogP contribution in [0.2, 0.25) is 0 Å². The molecule has 0 bridgehead atoms. The van der Waals surface area contributed by atoms with E-state index in [9.17, 15) is 18.0 Å². The van der Waals surface area contributed by atoms with Gasteiger partial charge in [0.25, 0.3) is 10.0 Å². The number of fused-ring (bicyclic) bond motifs is 1. The zero-order valence-electron chi connectivity index (χ0n) is 24.1.